The lowest BCUT2D eigenvalue weighted by Gasteiger charge is -2.26. The molecule has 0 fully saturated rings. The van der Waals surface area contributed by atoms with Crippen LogP contribution in [0.5, 0.6) is 5.75 Å². The van der Waals surface area contributed by atoms with Crippen LogP contribution in [0, 0.1) is 10.1 Å². The van der Waals surface area contributed by atoms with Crippen LogP contribution < -0.4 is 10.1 Å². The van der Waals surface area contributed by atoms with Gasteiger partial charge in [0, 0.05) is 24.1 Å². The highest BCUT2D eigenvalue weighted by molar-refractivity contribution is 6.09. The Morgan fingerprint density at radius 1 is 0.745 bits per heavy atom. The highest BCUT2D eigenvalue weighted by Gasteiger charge is 2.58. The summed E-state index contributed by atoms with van der Waals surface area (Å²) in [6, 6.07) is 25.0. The molecular formula is C32H23F5N2O8. The van der Waals surface area contributed by atoms with Crippen LogP contribution in [0.1, 0.15) is 15.9 Å². The number of hydrogen-bond donors (Lipinski definition) is 3. The lowest BCUT2D eigenvalue weighted by molar-refractivity contribution is -0.386. The number of benzene rings is 4. The van der Waals surface area contributed by atoms with Crippen LogP contribution >= 0.6 is 0 Å². The average molecular weight is 659 g/mol. The van der Waals surface area contributed by atoms with Crippen molar-refractivity contribution in [2.75, 3.05) is 6.61 Å². The predicted molar refractivity (Wildman–Crippen MR) is 156 cm³/mol. The molecule has 0 saturated carbocycles. The molecule has 4 aromatic rings. The molecule has 0 aliphatic heterocycles. The molecule has 0 radical (unpaired) electrons. The molecule has 4 rings (SSSR count). The fourth-order valence-corrected chi connectivity index (χ4v) is 4.44. The van der Waals surface area contributed by atoms with Crippen molar-refractivity contribution in [1.82, 2.24) is 5.32 Å². The lowest BCUT2D eigenvalue weighted by Crippen LogP contribution is -2.61. The average Bonchev–Trinajstić information content (AvgIpc) is 3.03. The van der Waals surface area contributed by atoms with Gasteiger partial charge in [-0.3, -0.25) is 14.9 Å². The molecular weight excluding hydrogens is 635 g/mol. The number of hydrogen-bond acceptors (Lipinski definition) is 6. The molecule has 0 aliphatic carbocycles. The highest BCUT2D eigenvalue weighted by Crippen LogP contribution is 2.37. The molecule has 47 heavy (non-hydrogen) atoms. The van der Waals surface area contributed by atoms with Crippen LogP contribution in [-0.2, 0) is 16.0 Å². The van der Waals surface area contributed by atoms with Gasteiger partial charge in [-0.1, -0.05) is 78.9 Å². The van der Waals surface area contributed by atoms with Gasteiger partial charge in [0.15, 0.2) is 12.4 Å². The first-order chi connectivity index (χ1) is 22.0. The Hall–Kier alpha value is -5.86. The maximum Gasteiger partial charge on any atom is 0.456 e. The summed E-state index contributed by atoms with van der Waals surface area (Å²) < 4.78 is 68.8. The van der Waals surface area contributed by atoms with Crippen molar-refractivity contribution < 1.29 is 56.2 Å². The maximum absolute atomic E-state index is 13.4. The number of carbonyl (C=O) groups excluding carboxylic acids is 1. The SMILES string of the molecule is O=C(NC(Cc1ccc(-c2ccc(-c3ccccc3)cc2)cc1)(C(=O)O)C(=O)O)c1ccc([N+](=O)[O-])c(OCC(F)(F)C(F)(F)F)c1. The summed E-state index contributed by atoms with van der Waals surface area (Å²) in [6.07, 6.45) is -6.84. The zero-order valence-corrected chi connectivity index (χ0v) is 23.8. The number of carboxylic acids is 2. The topological polar surface area (TPSA) is 156 Å². The van der Waals surface area contributed by atoms with Gasteiger partial charge in [-0.05, 0) is 33.9 Å². The molecule has 0 aliphatic rings. The summed E-state index contributed by atoms with van der Waals surface area (Å²) in [5.41, 5.74) is -1.14. The normalized spacial score (nSPS) is 11.9. The van der Waals surface area contributed by atoms with E-state index >= 15 is 0 Å². The van der Waals surface area contributed by atoms with Crippen molar-refractivity contribution in [2.24, 2.45) is 0 Å². The Morgan fingerprint density at radius 3 is 1.70 bits per heavy atom. The number of alkyl halides is 5. The van der Waals surface area contributed by atoms with E-state index in [-0.39, 0.29) is 5.56 Å². The van der Waals surface area contributed by atoms with Gasteiger partial charge in [0.25, 0.3) is 5.91 Å². The molecule has 10 nitrogen and oxygen atoms in total. The molecule has 0 atom stereocenters. The van der Waals surface area contributed by atoms with E-state index in [0.717, 1.165) is 16.7 Å². The molecule has 0 heterocycles. The number of amides is 1. The van der Waals surface area contributed by atoms with Gasteiger partial charge in [0.05, 0.1) is 4.92 Å². The van der Waals surface area contributed by atoms with Crippen molar-refractivity contribution >= 4 is 23.5 Å². The van der Waals surface area contributed by atoms with Crippen LogP contribution in [0.15, 0.2) is 97.1 Å². The molecule has 0 spiro atoms. The molecule has 0 unspecified atom stereocenters. The van der Waals surface area contributed by atoms with Crippen LogP contribution in [0.3, 0.4) is 0 Å². The Morgan fingerprint density at radius 2 is 1.23 bits per heavy atom. The van der Waals surface area contributed by atoms with E-state index in [1.807, 2.05) is 59.9 Å². The maximum atomic E-state index is 13.4. The van der Waals surface area contributed by atoms with Gasteiger partial charge in [0.1, 0.15) is 0 Å². The fourth-order valence-electron chi connectivity index (χ4n) is 4.44. The summed E-state index contributed by atoms with van der Waals surface area (Å²) in [4.78, 5) is 47.7. The number of nitro benzene ring substituents is 1. The van der Waals surface area contributed by atoms with E-state index in [9.17, 15) is 56.7 Å². The standard InChI is InChI=1S/C32H23F5N2O8/c33-31(34,32(35,36)37)18-47-26-16-24(14-15-25(26)39(45)46)27(40)38-30(28(41)42,29(43)44)17-19-6-8-21(9-7-19)23-12-10-22(11-13-23)20-4-2-1-3-5-20/h1-16H,17-18H2,(H,38,40)(H,41,42)(H,43,44). The van der Waals surface area contributed by atoms with E-state index in [2.05, 4.69) is 4.74 Å². The summed E-state index contributed by atoms with van der Waals surface area (Å²) in [5.74, 6) is -12.0. The largest absolute Gasteiger partial charge is 0.480 e. The Balaban J connectivity index is 1.57. The van der Waals surface area contributed by atoms with Gasteiger partial charge < -0.3 is 20.3 Å². The fraction of sp³-hybridized carbons (Fsp3) is 0.156. The van der Waals surface area contributed by atoms with E-state index in [4.69, 9.17) is 0 Å². The van der Waals surface area contributed by atoms with Crippen molar-refractivity contribution in [3.63, 3.8) is 0 Å². The number of rotatable bonds is 12. The molecule has 0 saturated heterocycles. The van der Waals surface area contributed by atoms with Crippen molar-refractivity contribution in [3.8, 4) is 28.0 Å². The first-order valence-corrected chi connectivity index (χ1v) is 13.4. The molecule has 3 N–H and O–H groups in total. The third-order valence-electron chi connectivity index (χ3n) is 7.05. The van der Waals surface area contributed by atoms with E-state index < -0.39 is 70.4 Å². The summed E-state index contributed by atoms with van der Waals surface area (Å²) in [5, 5.41) is 33.0. The number of carbonyl (C=O) groups is 3. The van der Waals surface area contributed by atoms with E-state index in [1.165, 1.54) is 12.1 Å². The zero-order chi connectivity index (χ0) is 34.6. The molecule has 15 heteroatoms. The molecule has 1 amide bonds. The Bertz CT molecular complexity index is 1780. The highest BCUT2D eigenvalue weighted by atomic mass is 19.4. The summed E-state index contributed by atoms with van der Waals surface area (Å²) in [6.45, 7) is -2.37. The van der Waals surface area contributed by atoms with Crippen molar-refractivity contribution in [1.29, 1.82) is 0 Å². The second kappa shape index (κ2) is 13.2. The minimum Gasteiger partial charge on any atom is -0.480 e. The molecule has 244 valence electrons. The van der Waals surface area contributed by atoms with Gasteiger partial charge in [-0.25, -0.2) is 9.59 Å². The van der Waals surface area contributed by atoms with Crippen molar-refractivity contribution in [3.05, 3.63) is 118 Å². The number of nitrogens with one attached hydrogen (secondary N) is 1. The van der Waals surface area contributed by atoms with Gasteiger partial charge >= 0.3 is 29.7 Å². The van der Waals surface area contributed by atoms with Crippen molar-refractivity contribution in [2.45, 2.75) is 24.1 Å². The van der Waals surface area contributed by atoms with E-state index in [0.29, 0.717) is 23.8 Å². The molecule has 0 bridgehead atoms. The number of nitrogens with zero attached hydrogens (tertiary/aromatic N) is 1. The monoisotopic (exact) mass is 658 g/mol. The first-order valence-electron chi connectivity index (χ1n) is 13.4. The zero-order valence-electron chi connectivity index (χ0n) is 23.8. The van der Waals surface area contributed by atoms with Gasteiger partial charge in [0.2, 0.25) is 5.54 Å². The third kappa shape index (κ3) is 7.52. The second-order valence-electron chi connectivity index (χ2n) is 10.2. The van der Waals surface area contributed by atoms with Crippen LogP contribution in [-0.4, -0.2) is 57.2 Å². The summed E-state index contributed by atoms with van der Waals surface area (Å²) >= 11 is 0. The smallest absolute Gasteiger partial charge is 0.456 e. The Labute approximate surface area is 262 Å². The third-order valence-corrected chi connectivity index (χ3v) is 7.05. The summed E-state index contributed by atoms with van der Waals surface area (Å²) in [7, 11) is 0. The van der Waals surface area contributed by atoms with Crippen LogP contribution in [0.2, 0.25) is 0 Å². The number of ether oxygens (including phenoxy) is 1. The van der Waals surface area contributed by atoms with Crippen LogP contribution in [0.25, 0.3) is 22.3 Å². The van der Waals surface area contributed by atoms with Gasteiger partial charge in [-0.2, -0.15) is 22.0 Å². The molecule has 4 aromatic carbocycles. The number of nitro groups is 1. The van der Waals surface area contributed by atoms with Gasteiger partial charge in [-0.15, -0.1) is 0 Å². The van der Waals surface area contributed by atoms with E-state index in [1.54, 1.807) is 12.1 Å². The predicted octanol–water partition coefficient (Wildman–Crippen LogP) is 6.39. The number of aliphatic carboxylic acids is 2. The first kappa shape index (κ1) is 34.0. The minimum absolute atomic E-state index is 0.168. The number of halogens is 5. The second-order valence-corrected chi connectivity index (χ2v) is 10.2. The quantitative estimate of drug-likeness (QED) is 0.0685. The Kier molecular flexibility index (Phi) is 9.59. The number of carboxylic acid groups (broad SMARTS) is 2. The minimum atomic E-state index is -6.05. The molecule has 0 aromatic heterocycles. The van der Waals surface area contributed by atoms with Crippen LogP contribution in [0.4, 0.5) is 27.6 Å². The lowest BCUT2D eigenvalue weighted by atomic mass is 9.89.